The summed E-state index contributed by atoms with van der Waals surface area (Å²) in [5.41, 5.74) is 0. The van der Waals surface area contributed by atoms with Crippen LogP contribution < -0.4 is 0 Å². The average Bonchev–Trinajstić information content (AvgIpc) is 1.37. The molecule has 0 heterocycles. The van der Waals surface area contributed by atoms with Gasteiger partial charge in [0.15, 0.2) is 0 Å². The summed E-state index contributed by atoms with van der Waals surface area (Å²) < 4.78 is 0. The maximum Gasteiger partial charge on any atom is 0.0220 e. The maximum absolute atomic E-state index is 5.19. The van der Waals surface area contributed by atoms with Gasteiger partial charge in [-0.2, -0.15) is 0 Å². The molecule has 0 aromatic heterocycles. The van der Waals surface area contributed by atoms with Gasteiger partial charge in [-0.25, -0.2) is 0 Å². The van der Waals surface area contributed by atoms with Crippen LogP contribution >= 0.6 is 36.4 Å². The molecule has 0 spiro atoms. The second-order valence-corrected chi connectivity index (χ2v) is 1.07. The van der Waals surface area contributed by atoms with Crippen LogP contribution in [-0.2, 0) is 0 Å². The fraction of sp³-hybridized carbons (Fsp3) is 1.00. The van der Waals surface area contributed by atoms with Gasteiger partial charge in [0, 0.05) is 5.88 Å². The molecule has 0 aliphatic rings. The monoisotopic (exact) mass is 150 g/mol. The average molecular weight is 151 g/mol. The van der Waals surface area contributed by atoms with Crippen LogP contribution in [0.4, 0.5) is 0 Å². The van der Waals surface area contributed by atoms with Crippen LogP contribution in [0.3, 0.4) is 0 Å². The summed E-state index contributed by atoms with van der Waals surface area (Å²) >= 11 is 5.19. The highest BCUT2D eigenvalue weighted by atomic mass is 35.5. The van der Waals surface area contributed by atoms with Crippen molar-refractivity contribution in [2.45, 2.75) is 13.3 Å². The first kappa shape index (κ1) is 15.8. The number of halogens is 3. The van der Waals surface area contributed by atoms with E-state index in [1.165, 1.54) is 0 Å². The lowest BCUT2D eigenvalue weighted by Gasteiger charge is -1.65. The third kappa shape index (κ3) is 20.9. The third-order valence-electron chi connectivity index (χ3n) is 0.189. The minimum absolute atomic E-state index is 0. The Morgan fingerprint density at radius 2 is 1.50 bits per heavy atom. The molecule has 0 radical (unpaired) electrons. The Balaban J connectivity index is -0.0000000450. The van der Waals surface area contributed by atoms with Crippen molar-refractivity contribution < 1.29 is 0 Å². The van der Waals surface area contributed by atoms with Crippen molar-refractivity contribution in [3.8, 4) is 0 Å². The summed E-state index contributed by atoms with van der Waals surface area (Å²) in [5.74, 6) is 0.792. The Hall–Kier alpha value is 0.870. The lowest BCUT2D eigenvalue weighted by atomic mass is 10.6. The predicted octanol–water partition coefficient (Wildman–Crippen LogP) is 2.48. The van der Waals surface area contributed by atoms with Crippen LogP contribution in [-0.4, -0.2) is 5.88 Å². The molecule has 0 N–H and O–H groups in total. The minimum Gasteiger partial charge on any atom is -0.147 e. The minimum atomic E-state index is 0. The van der Waals surface area contributed by atoms with E-state index < -0.39 is 0 Å². The van der Waals surface area contributed by atoms with Crippen molar-refractivity contribution >= 4 is 36.4 Å². The molecule has 0 fully saturated rings. The smallest absolute Gasteiger partial charge is 0.0220 e. The first-order chi connectivity index (χ1) is 1.91. The van der Waals surface area contributed by atoms with Gasteiger partial charge < -0.3 is 0 Å². The molecule has 6 heavy (non-hydrogen) atoms. The molecule has 0 atom stereocenters. The van der Waals surface area contributed by atoms with Gasteiger partial charge in [-0.15, -0.1) is 36.4 Å². The van der Waals surface area contributed by atoms with Gasteiger partial charge in [0.05, 0.1) is 0 Å². The topological polar surface area (TPSA) is 0 Å². The molecular weight excluding hydrogens is 142 g/mol. The van der Waals surface area contributed by atoms with Gasteiger partial charge in [0.1, 0.15) is 0 Å². The Kier molecular flexibility index (Phi) is 44.5. The van der Waals surface area contributed by atoms with E-state index in [0.29, 0.717) is 0 Å². The van der Waals surface area contributed by atoms with E-state index in [0.717, 1.165) is 12.3 Å². The van der Waals surface area contributed by atoms with Gasteiger partial charge in [0.25, 0.3) is 0 Å². The van der Waals surface area contributed by atoms with Crippen molar-refractivity contribution in [1.82, 2.24) is 0 Å². The van der Waals surface area contributed by atoms with E-state index in [-0.39, 0.29) is 24.8 Å². The van der Waals surface area contributed by atoms with Crippen molar-refractivity contribution in [2.75, 3.05) is 5.88 Å². The second-order valence-electron chi connectivity index (χ2n) is 0.689. The lowest BCUT2D eigenvalue weighted by Crippen LogP contribution is -1.55. The SMILES string of the molecule is CCCCl.Cl.Cl. The normalized spacial score (nSPS) is 5.00. The van der Waals surface area contributed by atoms with Crippen LogP contribution in [0.1, 0.15) is 13.3 Å². The van der Waals surface area contributed by atoms with Gasteiger partial charge in [0.2, 0.25) is 0 Å². The summed E-state index contributed by atoms with van der Waals surface area (Å²) in [6.07, 6.45) is 1.08. The maximum atomic E-state index is 5.19. The number of hydrogen-bond donors (Lipinski definition) is 0. The molecule has 0 saturated carbocycles. The molecule has 0 aromatic rings. The highest BCUT2D eigenvalue weighted by Crippen LogP contribution is 1.75. The van der Waals surface area contributed by atoms with Crippen LogP contribution in [0.5, 0.6) is 0 Å². The number of rotatable bonds is 1. The third-order valence-corrected chi connectivity index (χ3v) is 0.567. The molecular formula is C3H9Cl3. The highest BCUT2D eigenvalue weighted by Gasteiger charge is 1.59. The van der Waals surface area contributed by atoms with Crippen molar-refractivity contribution in [3.63, 3.8) is 0 Å². The highest BCUT2D eigenvalue weighted by molar-refractivity contribution is 6.17. The molecule has 3 heteroatoms. The molecule has 0 unspecified atom stereocenters. The van der Waals surface area contributed by atoms with E-state index in [9.17, 15) is 0 Å². The Bertz CT molecular complexity index is 8.00. The van der Waals surface area contributed by atoms with Gasteiger partial charge in [-0.1, -0.05) is 6.92 Å². The van der Waals surface area contributed by atoms with E-state index in [2.05, 4.69) is 0 Å². The first-order valence-electron chi connectivity index (χ1n) is 1.47. The molecule has 0 aliphatic carbocycles. The molecule has 0 nitrogen and oxygen atoms in total. The van der Waals surface area contributed by atoms with Crippen molar-refractivity contribution in [1.29, 1.82) is 0 Å². The Labute approximate surface area is 56.1 Å². The zero-order valence-corrected chi connectivity index (χ0v) is 6.00. The second kappa shape index (κ2) is 16.9. The molecule has 0 aromatic carbocycles. The van der Waals surface area contributed by atoms with E-state index in [1.54, 1.807) is 0 Å². The molecule has 42 valence electrons. The van der Waals surface area contributed by atoms with Crippen molar-refractivity contribution in [2.24, 2.45) is 0 Å². The van der Waals surface area contributed by atoms with E-state index in [1.807, 2.05) is 6.92 Å². The standard InChI is InChI=1S/C3H7Cl.2ClH/c1-2-3-4;;/h2-3H2,1H3;2*1H. The fourth-order valence-corrected chi connectivity index (χ4v) is 0. The summed E-state index contributed by atoms with van der Waals surface area (Å²) in [6.45, 7) is 2.05. The summed E-state index contributed by atoms with van der Waals surface area (Å²) in [4.78, 5) is 0. The summed E-state index contributed by atoms with van der Waals surface area (Å²) in [5, 5.41) is 0. The van der Waals surface area contributed by atoms with Crippen LogP contribution in [0, 0.1) is 0 Å². The van der Waals surface area contributed by atoms with Crippen molar-refractivity contribution in [3.05, 3.63) is 0 Å². The molecule has 0 saturated heterocycles. The Morgan fingerprint density at radius 1 is 1.33 bits per heavy atom. The largest absolute Gasteiger partial charge is 0.147 e. The van der Waals surface area contributed by atoms with Crippen LogP contribution in [0.25, 0.3) is 0 Å². The van der Waals surface area contributed by atoms with Crippen LogP contribution in [0.15, 0.2) is 0 Å². The quantitative estimate of drug-likeness (QED) is 0.505. The molecule has 0 rings (SSSR count). The summed E-state index contributed by atoms with van der Waals surface area (Å²) in [6, 6.07) is 0. The van der Waals surface area contributed by atoms with Gasteiger partial charge in [-0.3, -0.25) is 0 Å². The van der Waals surface area contributed by atoms with Gasteiger partial charge >= 0.3 is 0 Å². The van der Waals surface area contributed by atoms with E-state index in [4.69, 9.17) is 11.6 Å². The number of alkyl halides is 1. The first-order valence-corrected chi connectivity index (χ1v) is 2.01. The number of hydrogen-bond acceptors (Lipinski definition) is 0. The molecule has 0 bridgehead atoms. The summed E-state index contributed by atoms with van der Waals surface area (Å²) in [7, 11) is 0. The molecule has 0 aliphatic heterocycles. The predicted molar refractivity (Wildman–Crippen MR) is 35.5 cm³/mol. The van der Waals surface area contributed by atoms with E-state index >= 15 is 0 Å². The zero-order chi connectivity index (χ0) is 3.41. The van der Waals surface area contributed by atoms with Crippen LogP contribution in [0.2, 0.25) is 0 Å². The molecule has 0 amide bonds. The Morgan fingerprint density at radius 3 is 1.50 bits per heavy atom. The fourth-order valence-electron chi connectivity index (χ4n) is 0. The van der Waals surface area contributed by atoms with Gasteiger partial charge in [-0.05, 0) is 6.42 Å². The lowest BCUT2D eigenvalue weighted by molar-refractivity contribution is 1.10. The zero-order valence-electron chi connectivity index (χ0n) is 3.61.